The Bertz CT molecular complexity index is 446. The molecule has 184 valence electrons. The van der Waals surface area contributed by atoms with E-state index in [-0.39, 0.29) is 0 Å². The predicted molar refractivity (Wildman–Crippen MR) is 123 cm³/mol. The molecular weight excluding hydrogens is 398 g/mol. The van der Waals surface area contributed by atoms with Gasteiger partial charge in [0.2, 0.25) is 0 Å². The summed E-state index contributed by atoms with van der Waals surface area (Å²) in [6.07, 6.45) is 15.0. The average Bonchev–Trinajstić information content (AvgIpc) is 2.78. The van der Waals surface area contributed by atoms with Crippen LogP contribution in [0.4, 0.5) is 0 Å². The summed E-state index contributed by atoms with van der Waals surface area (Å²) < 4.78 is 0. The van der Waals surface area contributed by atoms with Crippen molar-refractivity contribution in [2.45, 2.75) is 128 Å². The third kappa shape index (κ3) is 16.3. The fraction of sp³-hybridized carbons (Fsp3) is 0.875. The molecule has 0 bridgehead atoms. The van der Waals surface area contributed by atoms with E-state index in [0.717, 1.165) is 19.3 Å². The molecule has 0 aromatic heterocycles. The van der Waals surface area contributed by atoms with Crippen molar-refractivity contribution in [2.75, 3.05) is 6.61 Å². The molecule has 0 spiro atoms. The second kappa shape index (κ2) is 20.9. The van der Waals surface area contributed by atoms with Crippen molar-refractivity contribution in [3.05, 3.63) is 12.3 Å². The highest BCUT2D eigenvalue weighted by atomic mass is 16.4. The number of allylic oxidation sites excluding steroid dienone is 1. The Kier molecular flexibility index (Phi) is 20.2. The lowest BCUT2D eigenvalue weighted by Crippen LogP contribution is -2.50. The number of amides is 1. The number of carbonyl (C=O) groups is 1. The molecule has 7 heteroatoms. The number of hydrogen-bond acceptors (Lipinski definition) is 6. The van der Waals surface area contributed by atoms with Crippen molar-refractivity contribution >= 4 is 5.91 Å². The highest BCUT2D eigenvalue weighted by molar-refractivity contribution is 5.82. The number of aliphatic hydroxyl groups excluding tert-OH is 5. The highest BCUT2D eigenvalue weighted by Gasteiger charge is 2.33. The molecule has 0 aliphatic heterocycles. The molecule has 0 heterocycles. The van der Waals surface area contributed by atoms with E-state index in [0.29, 0.717) is 0 Å². The third-order valence-corrected chi connectivity index (χ3v) is 5.59. The quantitative estimate of drug-likeness (QED) is 0.151. The van der Waals surface area contributed by atoms with E-state index >= 15 is 0 Å². The SMILES string of the molecule is CCCCCCCCCCCCCCCCC=CNC(=O)[C@H](O)[C@@H](O)[C@H](O)[C@H](O)CO. The molecule has 0 fully saturated rings. The van der Waals surface area contributed by atoms with E-state index in [1.807, 2.05) is 0 Å². The van der Waals surface area contributed by atoms with E-state index < -0.39 is 36.9 Å². The Morgan fingerprint density at radius 2 is 1.19 bits per heavy atom. The summed E-state index contributed by atoms with van der Waals surface area (Å²) >= 11 is 0. The lowest BCUT2D eigenvalue weighted by molar-refractivity contribution is -0.148. The number of nitrogens with one attached hydrogen (secondary N) is 1. The molecule has 6 N–H and O–H groups in total. The minimum Gasteiger partial charge on any atom is -0.394 e. The van der Waals surface area contributed by atoms with Gasteiger partial charge in [0.25, 0.3) is 5.91 Å². The number of carbonyl (C=O) groups excluding carboxylic acids is 1. The summed E-state index contributed by atoms with van der Waals surface area (Å²) in [5.41, 5.74) is 0. The molecule has 0 saturated carbocycles. The second-order valence-corrected chi connectivity index (χ2v) is 8.47. The summed E-state index contributed by atoms with van der Waals surface area (Å²) in [5.74, 6) is -0.881. The van der Waals surface area contributed by atoms with Crippen LogP contribution in [0.15, 0.2) is 12.3 Å². The first-order valence-electron chi connectivity index (χ1n) is 12.2. The van der Waals surface area contributed by atoms with Crippen LogP contribution in [0.25, 0.3) is 0 Å². The van der Waals surface area contributed by atoms with E-state index in [2.05, 4.69) is 12.2 Å². The minimum atomic E-state index is -1.90. The van der Waals surface area contributed by atoms with Crippen LogP contribution in [0.1, 0.15) is 103 Å². The zero-order valence-electron chi connectivity index (χ0n) is 19.4. The zero-order valence-corrected chi connectivity index (χ0v) is 19.4. The average molecular weight is 446 g/mol. The van der Waals surface area contributed by atoms with Crippen molar-refractivity contribution in [2.24, 2.45) is 0 Å². The smallest absolute Gasteiger partial charge is 0.255 e. The maximum Gasteiger partial charge on any atom is 0.255 e. The normalized spacial score (nSPS) is 15.7. The van der Waals surface area contributed by atoms with Crippen LogP contribution < -0.4 is 5.32 Å². The standard InChI is InChI=1S/C24H47NO6/c1-2-3-4-5-6-7-8-9-10-11-12-13-14-15-16-17-18-25-24(31)23(30)22(29)21(28)20(27)19-26/h17-18,20-23,26-30H,2-16,19H2,1H3,(H,25,31)/t20-,21-,22+,23-/m1/s1. The van der Waals surface area contributed by atoms with Gasteiger partial charge in [0.05, 0.1) is 6.61 Å². The number of aliphatic hydroxyl groups is 5. The van der Waals surface area contributed by atoms with Gasteiger partial charge in [-0.25, -0.2) is 0 Å². The molecule has 0 radical (unpaired) electrons. The predicted octanol–water partition coefficient (Wildman–Crippen LogP) is 2.92. The van der Waals surface area contributed by atoms with E-state index in [1.165, 1.54) is 83.2 Å². The second-order valence-electron chi connectivity index (χ2n) is 8.47. The molecule has 0 aromatic rings. The minimum absolute atomic E-state index is 0.786. The van der Waals surface area contributed by atoms with Crippen molar-refractivity contribution in [3.8, 4) is 0 Å². The first-order chi connectivity index (χ1) is 15.0. The van der Waals surface area contributed by atoms with Gasteiger partial charge in [-0.05, 0) is 19.0 Å². The molecule has 1 amide bonds. The molecule has 0 unspecified atom stereocenters. The van der Waals surface area contributed by atoms with Crippen LogP contribution in [-0.2, 0) is 4.79 Å². The fourth-order valence-electron chi connectivity index (χ4n) is 3.44. The Labute approximate surface area is 188 Å². The van der Waals surface area contributed by atoms with E-state index in [1.54, 1.807) is 6.08 Å². The van der Waals surface area contributed by atoms with Crippen LogP contribution in [0.3, 0.4) is 0 Å². The Balaban J connectivity index is 3.56. The maximum atomic E-state index is 11.7. The van der Waals surface area contributed by atoms with Crippen molar-refractivity contribution in [3.63, 3.8) is 0 Å². The third-order valence-electron chi connectivity index (χ3n) is 5.59. The van der Waals surface area contributed by atoms with Gasteiger partial charge in [0.1, 0.15) is 18.3 Å². The summed E-state index contributed by atoms with van der Waals surface area (Å²) in [7, 11) is 0. The number of unbranched alkanes of at least 4 members (excludes halogenated alkanes) is 14. The van der Waals surface area contributed by atoms with Crippen molar-refractivity contribution < 1.29 is 30.3 Å². The number of hydrogen-bond donors (Lipinski definition) is 6. The molecule has 4 atom stereocenters. The highest BCUT2D eigenvalue weighted by Crippen LogP contribution is 2.13. The van der Waals surface area contributed by atoms with Crippen LogP contribution >= 0.6 is 0 Å². The Morgan fingerprint density at radius 3 is 1.65 bits per heavy atom. The van der Waals surface area contributed by atoms with Gasteiger partial charge in [0.15, 0.2) is 6.10 Å². The Morgan fingerprint density at radius 1 is 0.742 bits per heavy atom. The van der Waals surface area contributed by atoms with Gasteiger partial charge in [-0.15, -0.1) is 0 Å². The molecule has 0 aliphatic carbocycles. The lowest BCUT2D eigenvalue weighted by Gasteiger charge is -2.24. The molecule has 31 heavy (non-hydrogen) atoms. The van der Waals surface area contributed by atoms with Crippen LogP contribution in [0.5, 0.6) is 0 Å². The van der Waals surface area contributed by atoms with Crippen LogP contribution in [-0.4, -0.2) is 62.5 Å². The van der Waals surface area contributed by atoms with Gasteiger partial charge in [-0.1, -0.05) is 96.5 Å². The molecule has 0 saturated heterocycles. The lowest BCUT2D eigenvalue weighted by atomic mass is 10.0. The first kappa shape index (κ1) is 30.0. The van der Waals surface area contributed by atoms with Crippen LogP contribution in [0.2, 0.25) is 0 Å². The fourth-order valence-corrected chi connectivity index (χ4v) is 3.44. The largest absolute Gasteiger partial charge is 0.394 e. The van der Waals surface area contributed by atoms with E-state index in [9.17, 15) is 25.2 Å². The Hall–Kier alpha value is -0.990. The summed E-state index contributed by atoms with van der Waals surface area (Å²) in [5, 5.41) is 49.1. The van der Waals surface area contributed by atoms with Gasteiger partial charge in [-0.3, -0.25) is 4.79 Å². The number of rotatable bonds is 21. The van der Waals surface area contributed by atoms with Crippen molar-refractivity contribution in [1.29, 1.82) is 0 Å². The molecule has 0 aliphatic rings. The molecule has 0 aromatic carbocycles. The molecule has 0 rings (SSSR count). The molecular formula is C24H47NO6. The van der Waals surface area contributed by atoms with Crippen LogP contribution in [0, 0.1) is 0 Å². The van der Waals surface area contributed by atoms with E-state index in [4.69, 9.17) is 5.11 Å². The van der Waals surface area contributed by atoms with Crippen molar-refractivity contribution in [1.82, 2.24) is 5.32 Å². The summed E-state index contributed by atoms with van der Waals surface area (Å²) in [4.78, 5) is 11.7. The monoisotopic (exact) mass is 445 g/mol. The van der Waals surface area contributed by atoms with Gasteiger partial charge < -0.3 is 30.8 Å². The first-order valence-corrected chi connectivity index (χ1v) is 12.2. The topological polar surface area (TPSA) is 130 Å². The summed E-state index contributed by atoms with van der Waals surface area (Å²) in [6.45, 7) is 1.47. The maximum absolute atomic E-state index is 11.7. The van der Waals surface area contributed by atoms with Gasteiger partial charge >= 0.3 is 0 Å². The zero-order chi connectivity index (χ0) is 23.3. The van der Waals surface area contributed by atoms with Gasteiger partial charge in [-0.2, -0.15) is 0 Å². The summed E-state index contributed by atoms with van der Waals surface area (Å²) in [6, 6.07) is 0. The van der Waals surface area contributed by atoms with Gasteiger partial charge in [0, 0.05) is 0 Å². The molecule has 7 nitrogen and oxygen atoms in total.